The molecule has 0 heterocycles. The maximum Gasteiger partial charge on any atom is 0.235 e. The lowest BCUT2D eigenvalue weighted by atomic mass is 9.98. The molecule has 1 amide bonds. The Bertz CT molecular complexity index is 295. The minimum atomic E-state index is -0.770. The van der Waals surface area contributed by atoms with Crippen LogP contribution < -0.4 is 5.32 Å². The molecule has 1 N–H and O–H groups in total. The average Bonchev–Trinajstić information content (AvgIpc) is 2.86. The molecule has 13 heavy (non-hydrogen) atoms. The Kier molecular flexibility index (Phi) is 2.53. The second kappa shape index (κ2) is 3.45. The molecule has 1 saturated carbocycles. The number of hydrogen-bond donors (Lipinski definition) is 1. The molecule has 0 aliphatic heterocycles. The highest BCUT2D eigenvalue weighted by Gasteiger charge is 2.42. The zero-order valence-corrected chi connectivity index (χ0v) is 7.50. The second-order valence-electron chi connectivity index (χ2n) is 3.47. The zero-order valence-electron chi connectivity index (χ0n) is 7.50. The largest absolute Gasteiger partial charge is 0.337 e. The molecular formula is C9H11N3O. The Balaban J connectivity index is 2.55. The molecule has 1 atom stereocenters. The minimum Gasteiger partial charge on any atom is -0.337 e. The van der Waals surface area contributed by atoms with E-state index in [1.165, 1.54) is 0 Å². The van der Waals surface area contributed by atoms with Crippen LogP contribution >= 0.6 is 0 Å². The summed E-state index contributed by atoms with van der Waals surface area (Å²) in [6, 6.07) is 3.84. The first-order valence-corrected chi connectivity index (χ1v) is 4.21. The van der Waals surface area contributed by atoms with Gasteiger partial charge < -0.3 is 5.32 Å². The van der Waals surface area contributed by atoms with Crippen molar-refractivity contribution in [3.05, 3.63) is 0 Å². The van der Waals surface area contributed by atoms with Crippen LogP contribution in [0.25, 0.3) is 0 Å². The molecule has 1 fully saturated rings. The van der Waals surface area contributed by atoms with Crippen LogP contribution in [-0.4, -0.2) is 11.4 Å². The first-order chi connectivity index (χ1) is 6.12. The number of carbonyl (C=O) groups excluding carboxylic acids is 1. The summed E-state index contributed by atoms with van der Waals surface area (Å²) >= 11 is 0. The van der Waals surface area contributed by atoms with Crippen LogP contribution in [0.5, 0.6) is 0 Å². The van der Waals surface area contributed by atoms with Gasteiger partial charge in [0, 0.05) is 0 Å². The van der Waals surface area contributed by atoms with Crippen molar-refractivity contribution < 1.29 is 4.79 Å². The Hall–Kier alpha value is -1.55. The van der Waals surface area contributed by atoms with Gasteiger partial charge in [0.05, 0.1) is 12.1 Å². The molecule has 0 aromatic carbocycles. The van der Waals surface area contributed by atoms with Crippen molar-refractivity contribution >= 4 is 5.91 Å². The van der Waals surface area contributed by atoms with Gasteiger partial charge >= 0.3 is 0 Å². The van der Waals surface area contributed by atoms with Crippen LogP contribution in [0.2, 0.25) is 0 Å². The van der Waals surface area contributed by atoms with E-state index in [0.717, 1.165) is 12.8 Å². The average molecular weight is 177 g/mol. The first-order valence-electron chi connectivity index (χ1n) is 4.21. The fraction of sp³-hybridized carbons (Fsp3) is 0.667. The third-order valence-corrected chi connectivity index (χ3v) is 2.26. The number of nitrogens with one attached hydrogen (secondary N) is 1. The number of rotatable bonds is 3. The van der Waals surface area contributed by atoms with Gasteiger partial charge in [0.2, 0.25) is 5.91 Å². The Morgan fingerprint density at radius 3 is 2.62 bits per heavy atom. The van der Waals surface area contributed by atoms with E-state index in [2.05, 4.69) is 11.4 Å². The third-order valence-electron chi connectivity index (χ3n) is 2.26. The van der Waals surface area contributed by atoms with Crippen molar-refractivity contribution in [2.24, 2.45) is 5.92 Å². The molecule has 1 unspecified atom stereocenters. The summed E-state index contributed by atoms with van der Waals surface area (Å²) in [4.78, 5) is 11.1. The third kappa shape index (κ3) is 2.19. The van der Waals surface area contributed by atoms with E-state index in [-0.39, 0.29) is 18.2 Å². The van der Waals surface area contributed by atoms with Crippen LogP contribution in [-0.2, 0) is 4.79 Å². The van der Waals surface area contributed by atoms with Crippen molar-refractivity contribution in [3.63, 3.8) is 0 Å². The molecule has 1 aliphatic carbocycles. The molecule has 4 nitrogen and oxygen atoms in total. The van der Waals surface area contributed by atoms with Gasteiger partial charge in [-0.05, 0) is 25.7 Å². The van der Waals surface area contributed by atoms with E-state index in [4.69, 9.17) is 10.5 Å². The fourth-order valence-corrected chi connectivity index (χ4v) is 1.29. The monoisotopic (exact) mass is 177 g/mol. The lowest BCUT2D eigenvalue weighted by Crippen LogP contribution is -2.46. The summed E-state index contributed by atoms with van der Waals surface area (Å²) in [5.41, 5.74) is -0.770. The highest BCUT2D eigenvalue weighted by Crippen LogP contribution is 2.39. The normalized spacial score (nSPS) is 19.3. The van der Waals surface area contributed by atoms with Gasteiger partial charge in [0.25, 0.3) is 0 Å². The highest BCUT2D eigenvalue weighted by molar-refractivity contribution is 5.79. The van der Waals surface area contributed by atoms with E-state index >= 15 is 0 Å². The first kappa shape index (κ1) is 9.54. The number of nitrogens with zero attached hydrogens (tertiary/aromatic N) is 2. The molecular weight excluding hydrogens is 166 g/mol. The number of hydrogen-bond acceptors (Lipinski definition) is 3. The second-order valence-corrected chi connectivity index (χ2v) is 3.47. The summed E-state index contributed by atoms with van der Waals surface area (Å²) in [7, 11) is 0. The van der Waals surface area contributed by atoms with Crippen molar-refractivity contribution in [1.29, 1.82) is 10.5 Å². The molecule has 0 aromatic heterocycles. The van der Waals surface area contributed by atoms with Gasteiger partial charge in [-0.15, -0.1) is 0 Å². The minimum absolute atomic E-state index is 0.177. The van der Waals surface area contributed by atoms with Crippen molar-refractivity contribution in [1.82, 2.24) is 5.32 Å². The van der Waals surface area contributed by atoms with Gasteiger partial charge in [0.15, 0.2) is 0 Å². The highest BCUT2D eigenvalue weighted by atomic mass is 16.1. The fourth-order valence-electron chi connectivity index (χ4n) is 1.29. The van der Waals surface area contributed by atoms with Crippen molar-refractivity contribution in [3.8, 4) is 12.1 Å². The molecule has 1 rings (SSSR count). The zero-order chi connectivity index (χ0) is 9.90. The van der Waals surface area contributed by atoms with Gasteiger partial charge in [0.1, 0.15) is 12.0 Å². The number of amides is 1. The van der Waals surface area contributed by atoms with Crippen molar-refractivity contribution in [2.75, 3.05) is 0 Å². The predicted molar refractivity (Wildman–Crippen MR) is 45.1 cm³/mol. The molecule has 1 aliphatic rings. The smallest absolute Gasteiger partial charge is 0.235 e. The standard InChI is InChI=1S/C9H11N3O/c1-9(6-11,7-2-3-7)12-8(13)4-5-10/h7H,2-4H2,1H3,(H,12,13). The summed E-state index contributed by atoms with van der Waals surface area (Å²) in [6.45, 7) is 1.71. The van der Waals surface area contributed by atoms with Crippen LogP contribution in [0.15, 0.2) is 0 Å². The Morgan fingerprint density at radius 2 is 2.23 bits per heavy atom. The van der Waals surface area contributed by atoms with Gasteiger partial charge in [-0.2, -0.15) is 10.5 Å². The van der Waals surface area contributed by atoms with Gasteiger partial charge in [-0.1, -0.05) is 0 Å². The quantitative estimate of drug-likeness (QED) is 0.689. The van der Waals surface area contributed by atoms with Crippen LogP contribution in [0.1, 0.15) is 26.2 Å². The maximum atomic E-state index is 11.1. The summed E-state index contributed by atoms with van der Waals surface area (Å²) < 4.78 is 0. The predicted octanol–water partition coefficient (Wildman–Crippen LogP) is 0.709. The molecule has 0 radical (unpaired) electrons. The van der Waals surface area contributed by atoms with Gasteiger partial charge in [-0.25, -0.2) is 0 Å². The van der Waals surface area contributed by atoms with E-state index in [1.807, 2.05) is 0 Å². The SMILES string of the molecule is CC(C#N)(NC(=O)CC#N)C1CC1. The molecule has 4 heteroatoms. The lowest BCUT2D eigenvalue weighted by Gasteiger charge is -2.21. The lowest BCUT2D eigenvalue weighted by molar-refractivity contribution is -0.121. The van der Waals surface area contributed by atoms with Gasteiger partial charge in [-0.3, -0.25) is 4.79 Å². The van der Waals surface area contributed by atoms with Crippen LogP contribution in [0.3, 0.4) is 0 Å². The van der Waals surface area contributed by atoms with E-state index in [1.54, 1.807) is 13.0 Å². The summed E-state index contributed by atoms with van der Waals surface area (Å²) in [5, 5.41) is 19.7. The topological polar surface area (TPSA) is 76.7 Å². The van der Waals surface area contributed by atoms with E-state index in [9.17, 15) is 4.79 Å². The van der Waals surface area contributed by atoms with E-state index in [0.29, 0.717) is 0 Å². The van der Waals surface area contributed by atoms with Crippen LogP contribution in [0, 0.1) is 28.6 Å². The van der Waals surface area contributed by atoms with Crippen molar-refractivity contribution in [2.45, 2.75) is 31.7 Å². The molecule has 68 valence electrons. The number of carbonyl (C=O) groups is 1. The van der Waals surface area contributed by atoms with Crippen LogP contribution in [0.4, 0.5) is 0 Å². The molecule has 0 aromatic rings. The molecule has 0 bridgehead atoms. The summed E-state index contributed by atoms with van der Waals surface area (Å²) in [6.07, 6.45) is 1.79. The summed E-state index contributed by atoms with van der Waals surface area (Å²) in [5.74, 6) is -0.0985. The Labute approximate surface area is 77.1 Å². The number of nitriles is 2. The molecule has 0 spiro atoms. The maximum absolute atomic E-state index is 11.1. The van der Waals surface area contributed by atoms with E-state index < -0.39 is 5.54 Å². The molecule has 0 saturated heterocycles. The Morgan fingerprint density at radius 1 is 1.62 bits per heavy atom.